The van der Waals surface area contributed by atoms with E-state index in [1.54, 1.807) is 0 Å². The maximum atomic E-state index is 12.5. The molecule has 0 aromatic rings. The molecule has 0 amide bonds. The lowest BCUT2D eigenvalue weighted by atomic mass is 9.31. The fourth-order valence-electron chi connectivity index (χ4n) is 12.1. The molecule has 11 atom stereocenters. The van der Waals surface area contributed by atoms with Gasteiger partial charge in [0.2, 0.25) is 0 Å². The summed E-state index contributed by atoms with van der Waals surface area (Å²) in [5.41, 5.74) is -1.10. The minimum Gasteiger partial charge on any atom is -0.481 e. The Morgan fingerprint density at radius 1 is 0.794 bits per heavy atom. The van der Waals surface area contributed by atoms with Gasteiger partial charge in [0.1, 0.15) is 0 Å². The fourth-order valence-corrected chi connectivity index (χ4v) is 12.1. The summed E-state index contributed by atoms with van der Waals surface area (Å²) in [6.07, 6.45) is 9.97. The summed E-state index contributed by atoms with van der Waals surface area (Å²) in [5, 5.41) is 33.0. The molecule has 0 heterocycles. The molecular formula is C30H50O4. The van der Waals surface area contributed by atoms with Gasteiger partial charge in [-0.1, -0.05) is 34.1 Å². The summed E-state index contributed by atoms with van der Waals surface area (Å²) in [7, 11) is 0. The highest BCUT2D eigenvalue weighted by atomic mass is 16.4. The van der Waals surface area contributed by atoms with Gasteiger partial charge in [-0.15, -0.1) is 0 Å². The first-order valence-electron chi connectivity index (χ1n) is 14.2. The normalized spacial score (nSPS) is 57.2. The van der Waals surface area contributed by atoms with Crippen LogP contribution in [-0.2, 0) is 4.79 Å². The molecule has 4 heteroatoms. The second kappa shape index (κ2) is 7.24. The van der Waals surface area contributed by atoms with E-state index in [1.165, 1.54) is 12.8 Å². The van der Waals surface area contributed by atoms with Gasteiger partial charge in [0, 0.05) is 0 Å². The molecule has 5 saturated carbocycles. The number of aliphatic hydroxyl groups is 2. The predicted molar refractivity (Wildman–Crippen MR) is 134 cm³/mol. The van der Waals surface area contributed by atoms with Gasteiger partial charge in [-0.05, 0) is 130 Å². The number of fused-ring (bicyclic) bond motifs is 7. The van der Waals surface area contributed by atoms with Crippen LogP contribution in [0.4, 0.5) is 0 Å². The third-order valence-corrected chi connectivity index (χ3v) is 13.7. The number of hydrogen-bond donors (Lipinski definition) is 3. The molecule has 0 aromatic carbocycles. The van der Waals surface area contributed by atoms with E-state index in [-0.39, 0.29) is 45.5 Å². The van der Waals surface area contributed by atoms with Crippen molar-refractivity contribution in [3.8, 4) is 0 Å². The maximum Gasteiger partial charge on any atom is 0.309 e. The number of carboxylic acids is 1. The van der Waals surface area contributed by atoms with E-state index in [1.807, 2.05) is 20.8 Å². The van der Waals surface area contributed by atoms with Crippen molar-refractivity contribution in [3.63, 3.8) is 0 Å². The Kier molecular flexibility index (Phi) is 5.34. The smallest absolute Gasteiger partial charge is 0.309 e. The number of carbonyl (C=O) groups is 1. The van der Waals surface area contributed by atoms with Gasteiger partial charge >= 0.3 is 5.97 Å². The second-order valence-electron chi connectivity index (χ2n) is 15.3. The van der Waals surface area contributed by atoms with Crippen LogP contribution in [0.15, 0.2) is 0 Å². The van der Waals surface area contributed by atoms with Gasteiger partial charge in [0.05, 0.1) is 17.1 Å². The molecule has 0 saturated heterocycles. The number of carboxylic acid groups (broad SMARTS) is 1. The largest absolute Gasteiger partial charge is 0.481 e. The molecule has 3 N–H and O–H groups in total. The molecule has 34 heavy (non-hydrogen) atoms. The molecule has 0 radical (unpaired) electrons. The van der Waals surface area contributed by atoms with E-state index in [4.69, 9.17) is 0 Å². The summed E-state index contributed by atoms with van der Waals surface area (Å²) in [6, 6.07) is 0. The molecule has 0 spiro atoms. The Morgan fingerprint density at radius 2 is 1.41 bits per heavy atom. The molecule has 5 fully saturated rings. The van der Waals surface area contributed by atoms with Crippen molar-refractivity contribution in [2.24, 2.45) is 56.7 Å². The van der Waals surface area contributed by atoms with Crippen LogP contribution in [0.5, 0.6) is 0 Å². The third kappa shape index (κ3) is 2.88. The number of aliphatic carboxylic acids is 1. The second-order valence-corrected chi connectivity index (χ2v) is 15.3. The summed E-state index contributed by atoms with van der Waals surface area (Å²) in [4.78, 5) is 12.5. The number of hydrogen-bond acceptors (Lipinski definition) is 3. The predicted octanol–water partition coefficient (Wildman–Crippen LogP) is 6.28. The molecule has 5 aliphatic rings. The molecule has 194 valence electrons. The van der Waals surface area contributed by atoms with Crippen LogP contribution in [0, 0.1) is 56.7 Å². The Balaban J connectivity index is 1.55. The average Bonchev–Trinajstić information content (AvgIpc) is 3.07. The fraction of sp³-hybridized carbons (Fsp3) is 0.967. The van der Waals surface area contributed by atoms with E-state index >= 15 is 0 Å². The average molecular weight is 475 g/mol. The van der Waals surface area contributed by atoms with Crippen LogP contribution >= 0.6 is 0 Å². The molecule has 5 rings (SSSR count). The molecule has 0 unspecified atom stereocenters. The SMILES string of the molecule is CC(C)(O)[C@H]1CC[C@@]2(C)[C@H]1[C@@H](O)C[C@]1(C)[C@@H]2CC[C@@H]2[C@@]3(C)CCC[C@@](C)(C(=O)O)[C@@H]3CC[C@]21C. The van der Waals surface area contributed by atoms with Crippen molar-refractivity contribution >= 4 is 5.97 Å². The lowest BCUT2D eigenvalue weighted by Crippen LogP contribution is -2.68. The van der Waals surface area contributed by atoms with E-state index in [9.17, 15) is 20.1 Å². The molecule has 0 aromatic heterocycles. The summed E-state index contributed by atoms with van der Waals surface area (Å²) in [5.74, 6) is 1.04. The molecular weight excluding hydrogens is 424 g/mol. The van der Waals surface area contributed by atoms with Gasteiger partial charge in [0.25, 0.3) is 0 Å². The van der Waals surface area contributed by atoms with Crippen LogP contribution < -0.4 is 0 Å². The van der Waals surface area contributed by atoms with Crippen LogP contribution in [0.2, 0.25) is 0 Å². The van der Waals surface area contributed by atoms with E-state index < -0.39 is 17.0 Å². The van der Waals surface area contributed by atoms with Crippen molar-refractivity contribution in [2.45, 2.75) is 124 Å². The molecule has 0 bridgehead atoms. The summed E-state index contributed by atoms with van der Waals surface area (Å²) in [6.45, 7) is 15.8. The van der Waals surface area contributed by atoms with Crippen molar-refractivity contribution in [1.82, 2.24) is 0 Å². The first-order valence-corrected chi connectivity index (χ1v) is 14.2. The highest BCUT2D eigenvalue weighted by molar-refractivity contribution is 5.75. The third-order valence-electron chi connectivity index (χ3n) is 13.7. The monoisotopic (exact) mass is 474 g/mol. The number of rotatable bonds is 2. The minimum absolute atomic E-state index is 0.0418. The van der Waals surface area contributed by atoms with Crippen LogP contribution in [0.3, 0.4) is 0 Å². The van der Waals surface area contributed by atoms with Gasteiger partial charge in [-0.25, -0.2) is 0 Å². The van der Waals surface area contributed by atoms with E-state index in [0.29, 0.717) is 11.8 Å². The Labute approximate surface area is 207 Å². The van der Waals surface area contributed by atoms with Crippen LogP contribution in [0.25, 0.3) is 0 Å². The Bertz CT molecular complexity index is 862. The molecule has 5 aliphatic carbocycles. The lowest BCUT2D eigenvalue weighted by molar-refractivity contribution is -0.261. The first-order chi connectivity index (χ1) is 15.6. The van der Waals surface area contributed by atoms with Crippen molar-refractivity contribution < 1.29 is 20.1 Å². The van der Waals surface area contributed by atoms with Crippen molar-refractivity contribution in [1.29, 1.82) is 0 Å². The zero-order valence-corrected chi connectivity index (χ0v) is 22.8. The maximum absolute atomic E-state index is 12.5. The van der Waals surface area contributed by atoms with Gasteiger partial charge in [-0.2, -0.15) is 0 Å². The number of aliphatic hydroxyl groups excluding tert-OH is 1. The molecule has 4 nitrogen and oxygen atoms in total. The summed E-state index contributed by atoms with van der Waals surface area (Å²) >= 11 is 0. The highest BCUT2D eigenvalue weighted by Crippen LogP contribution is 2.78. The quantitative estimate of drug-likeness (QED) is 0.440. The Hall–Kier alpha value is -0.610. The molecule has 0 aliphatic heterocycles. The first kappa shape index (κ1) is 25.1. The van der Waals surface area contributed by atoms with Gasteiger partial charge in [-0.3, -0.25) is 4.79 Å². The standard InChI is InChI=1S/C30H50O4/c1-25(2,34)18-11-15-27(4)22-10-9-21-26(3)13-8-14-28(5,24(32)33)20(26)12-16-29(21,6)30(22,7)17-19(31)23(18)27/h18-23,31,34H,8-17H2,1-7H3,(H,32,33)/t18-,19-,20+,21+,22+,23+,26-,27+,28+,29+,30+/m0/s1. The summed E-state index contributed by atoms with van der Waals surface area (Å²) < 4.78 is 0. The van der Waals surface area contributed by atoms with Gasteiger partial charge in [0.15, 0.2) is 0 Å². The zero-order chi connectivity index (χ0) is 25.1. The highest BCUT2D eigenvalue weighted by Gasteiger charge is 2.72. The van der Waals surface area contributed by atoms with Crippen LogP contribution in [-0.4, -0.2) is 33.0 Å². The Morgan fingerprint density at radius 3 is 2.00 bits per heavy atom. The van der Waals surface area contributed by atoms with Crippen LogP contribution in [0.1, 0.15) is 113 Å². The van der Waals surface area contributed by atoms with E-state index in [2.05, 4.69) is 27.7 Å². The zero-order valence-electron chi connectivity index (χ0n) is 22.8. The van der Waals surface area contributed by atoms with Crippen molar-refractivity contribution in [2.75, 3.05) is 0 Å². The lowest BCUT2D eigenvalue weighted by Gasteiger charge is -2.73. The van der Waals surface area contributed by atoms with E-state index in [0.717, 1.165) is 51.4 Å². The minimum atomic E-state index is -0.757. The van der Waals surface area contributed by atoms with Gasteiger partial charge < -0.3 is 15.3 Å². The topological polar surface area (TPSA) is 77.8 Å². The van der Waals surface area contributed by atoms with Crippen molar-refractivity contribution in [3.05, 3.63) is 0 Å².